The molecule has 4 heteroatoms. The molecular formula is C11H12BrCl2N. The summed E-state index contributed by atoms with van der Waals surface area (Å²) in [6, 6.07) is 8.43. The summed E-state index contributed by atoms with van der Waals surface area (Å²) >= 11 is 14.6. The molecule has 1 unspecified atom stereocenters. The van der Waals surface area contributed by atoms with E-state index in [2.05, 4.69) is 40.3 Å². The largest absolute Gasteiger partial charge is 0.305 e. The monoisotopic (exact) mass is 307 g/mol. The minimum absolute atomic E-state index is 0.253. The molecule has 0 spiro atoms. The van der Waals surface area contributed by atoms with Crippen molar-refractivity contribution in [2.24, 2.45) is 0 Å². The van der Waals surface area contributed by atoms with E-state index in [1.807, 2.05) is 12.1 Å². The minimum atomic E-state index is 0.253. The van der Waals surface area contributed by atoms with Gasteiger partial charge in [0.15, 0.2) is 0 Å². The Morgan fingerprint density at radius 2 is 2.07 bits per heavy atom. The van der Waals surface area contributed by atoms with Crippen LogP contribution in [0.4, 0.5) is 0 Å². The van der Waals surface area contributed by atoms with Crippen LogP contribution in [0.1, 0.15) is 18.5 Å². The maximum absolute atomic E-state index is 5.78. The molecule has 1 aromatic rings. The van der Waals surface area contributed by atoms with E-state index in [4.69, 9.17) is 23.2 Å². The van der Waals surface area contributed by atoms with Crippen molar-refractivity contribution in [2.45, 2.75) is 13.0 Å². The fourth-order valence-electron chi connectivity index (χ4n) is 1.16. The summed E-state index contributed by atoms with van der Waals surface area (Å²) in [5.74, 6) is 0. The van der Waals surface area contributed by atoms with Crippen molar-refractivity contribution in [3.63, 3.8) is 0 Å². The molecule has 0 fully saturated rings. The first-order valence-corrected chi connectivity index (χ1v) is 6.18. The van der Waals surface area contributed by atoms with E-state index in [0.29, 0.717) is 11.6 Å². The summed E-state index contributed by atoms with van der Waals surface area (Å²) in [5.41, 5.74) is 2.60. The molecule has 1 aromatic carbocycles. The van der Waals surface area contributed by atoms with Gasteiger partial charge >= 0.3 is 0 Å². The number of halogens is 3. The fourth-order valence-corrected chi connectivity index (χ4v) is 1.58. The van der Waals surface area contributed by atoms with Crippen molar-refractivity contribution < 1.29 is 0 Å². The van der Waals surface area contributed by atoms with Crippen LogP contribution in [-0.2, 0) is 0 Å². The van der Waals surface area contributed by atoms with Gasteiger partial charge in [0, 0.05) is 27.6 Å². The molecule has 0 radical (unpaired) electrons. The molecule has 0 saturated carbocycles. The second-order valence-electron chi connectivity index (χ2n) is 3.21. The van der Waals surface area contributed by atoms with Gasteiger partial charge in [-0.05, 0) is 24.6 Å². The van der Waals surface area contributed by atoms with Crippen molar-refractivity contribution in [1.82, 2.24) is 5.32 Å². The summed E-state index contributed by atoms with van der Waals surface area (Å²) < 4.78 is 1.08. The van der Waals surface area contributed by atoms with E-state index in [9.17, 15) is 0 Å². The maximum Gasteiger partial charge on any atom is 0.0432 e. The molecule has 0 aliphatic heterocycles. The lowest BCUT2D eigenvalue weighted by molar-refractivity contribution is 0.614. The highest BCUT2D eigenvalue weighted by Gasteiger charge is 2.04. The summed E-state index contributed by atoms with van der Waals surface area (Å²) in [4.78, 5) is 0. The molecule has 0 saturated heterocycles. The lowest BCUT2D eigenvalue weighted by Crippen LogP contribution is -2.19. The van der Waals surface area contributed by atoms with Crippen molar-refractivity contribution >= 4 is 39.1 Å². The van der Waals surface area contributed by atoms with Gasteiger partial charge in [-0.25, -0.2) is 0 Å². The summed E-state index contributed by atoms with van der Waals surface area (Å²) in [6.45, 7) is 2.67. The molecular weight excluding hydrogens is 297 g/mol. The molecule has 0 heterocycles. The lowest BCUT2D eigenvalue weighted by atomic mass is 10.1. The van der Waals surface area contributed by atoms with E-state index in [1.165, 1.54) is 11.1 Å². The van der Waals surface area contributed by atoms with Crippen LogP contribution in [-0.4, -0.2) is 6.54 Å². The highest BCUT2D eigenvalue weighted by molar-refractivity contribution is 9.10. The zero-order valence-electron chi connectivity index (χ0n) is 8.31. The normalized spacial score (nSPS) is 14.0. The van der Waals surface area contributed by atoms with E-state index in [0.717, 1.165) is 4.47 Å². The fraction of sp³-hybridized carbons (Fsp3) is 0.273. The topological polar surface area (TPSA) is 12.0 Å². The van der Waals surface area contributed by atoms with Crippen LogP contribution in [0.3, 0.4) is 0 Å². The predicted molar refractivity (Wildman–Crippen MR) is 70.3 cm³/mol. The van der Waals surface area contributed by atoms with Gasteiger partial charge in [-0.15, -0.1) is 0 Å². The van der Waals surface area contributed by atoms with Gasteiger partial charge in [-0.1, -0.05) is 51.3 Å². The summed E-state index contributed by atoms with van der Waals surface area (Å²) in [5, 5.41) is 3.88. The molecule has 0 aromatic heterocycles. The van der Waals surface area contributed by atoms with E-state index >= 15 is 0 Å². The molecule has 82 valence electrons. The van der Waals surface area contributed by atoms with Gasteiger partial charge in [0.1, 0.15) is 0 Å². The van der Waals surface area contributed by atoms with E-state index in [1.54, 1.807) is 0 Å². The number of rotatable bonds is 4. The van der Waals surface area contributed by atoms with Crippen molar-refractivity contribution in [2.75, 3.05) is 6.54 Å². The third kappa shape index (κ3) is 4.56. The summed E-state index contributed by atoms with van der Waals surface area (Å²) in [6.07, 6.45) is 0. The first-order chi connectivity index (χ1) is 7.13. The van der Waals surface area contributed by atoms with Gasteiger partial charge in [-0.2, -0.15) is 0 Å². The van der Waals surface area contributed by atoms with E-state index < -0.39 is 0 Å². The molecule has 1 atom stereocenters. The molecule has 0 bridgehead atoms. The maximum atomic E-state index is 5.78. The first-order valence-electron chi connectivity index (χ1n) is 4.57. The predicted octanol–water partition coefficient (Wildman–Crippen LogP) is 4.42. The number of benzene rings is 1. The van der Waals surface area contributed by atoms with Crippen molar-refractivity contribution in [1.29, 1.82) is 0 Å². The number of hydrogen-bond donors (Lipinski definition) is 1. The second-order valence-corrected chi connectivity index (χ2v) is 4.83. The third-order valence-electron chi connectivity index (χ3n) is 2.07. The average Bonchev–Trinajstić information content (AvgIpc) is 2.26. The highest BCUT2D eigenvalue weighted by Crippen LogP contribution is 2.16. The van der Waals surface area contributed by atoms with Crippen LogP contribution in [0, 0.1) is 0 Å². The van der Waals surface area contributed by atoms with Crippen LogP contribution in [0.15, 0.2) is 39.3 Å². The highest BCUT2D eigenvalue weighted by atomic mass is 79.9. The van der Waals surface area contributed by atoms with Crippen molar-refractivity contribution in [3.05, 3.63) is 44.9 Å². The zero-order valence-corrected chi connectivity index (χ0v) is 11.4. The Morgan fingerprint density at radius 1 is 1.47 bits per heavy atom. The molecule has 15 heavy (non-hydrogen) atoms. The Labute approximate surface area is 109 Å². The van der Waals surface area contributed by atoms with Crippen molar-refractivity contribution in [3.8, 4) is 0 Å². The third-order valence-corrected chi connectivity index (χ3v) is 3.21. The Hall–Kier alpha value is -0.0200. The zero-order chi connectivity index (χ0) is 11.3. The van der Waals surface area contributed by atoms with Crippen LogP contribution in [0.25, 0.3) is 0 Å². The Bertz CT molecular complexity index is 335. The van der Waals surface area contributed by atoms with Gasteiger partial charge in [-0.3, -0.25) is 0 Å². The van der Waals surface area contributed by atoms with Crippen LogP contribution >= 0.6 is 39.1 Å². The second kappa shape index (κ2) is 6.54. The number of nitrogens with one attached hydrogen (secondary N) is 1. The molecule has 1 rings (SSSR count). The smallest absolute Gasteiger partial charge is 0.0432 e. The van der Waals surface area contributed by atoms with Crippen LogP contribution in [0.2, 0.25) is 0 Å². The Kier molecular flexibility index (Phi) is 5.69. The average molecular weight is 309 g/mol. The van der Waals surface area contributed by atoms with Crippen LogP contribution < -0.4 is 5.32 Å². The lowest BCUT2D eigenvalue weighted by Gasteiger charge is -2.13. The minimum Gasteiger partial charge on any atom is -0.305 e. The van der Waals surface area contributed by atoms with E-state index in [-0.39, 0.29) is 6.04 Å². The molecule has 0 amide bonds. The van der Waals surface area contributed by atoms with Gasteiger partial charge in [0.2, 0.25) is 0 Å². The first kappa shape index (κ1) is 13.0. The summed E-state index contributed by atoms with van der Waals surface area (Å²) in [7, 11) is 0. The van der Waals surface area contributed by atoms with Gasteiger partial charge in [0.25, 0.3) is 0 Å². The standard InChI is InChI=1S/C11H12BrCl2N/c1-8(15-7-11(14)6-13)9-2-4-10(12)5-3-9/h2-6,8,15H,7H2,1H3. The number of hydrogen-bond acceptors (Lipinski definition) is 1. The van der Waals surface area contributed by atoms with Crippen LogP contribution in [0.5, 0.6) is 0 Å². The molecule has 1 N–H and O–H groups in total. The SMILES string of the molecule is CC(NCC(Cl)=CCl)c1ccc(Br)cc1. The quantitative estimate of drug-likeness (QED) is 0.868. The Morgan fingerprint density at radius 3 is 2.60 bits per heavy atom. The van der Waals surface area contributed by atoms with Gasteiger partial charge in [0.05, 0.1) is 0 Å². The molecule has 0 aliphatic rings. The van der Waals surface area contributed by atoms with Gasteiger partial charge < -0.3 is 5.32 Å². The Balaban J connectivity index is 2.53. The molecule has 0 aliphatic carbocycles. The molecule has 1 nitrogen and oxygen atoms in total.